The van der Waals surface area contributed by atoms with E-state index in [4.69, 9.17) is 4.74 Å². The summed E-state index contributed by atoms with van der Waals surface area (Å²) >= 11 is 0. The van der Waals surface area contributed by atoms with Crippen LogP contribution >= 0.6 is 0 Å². The highest BCUT2D eigenvalue weighted by Crippen LogP contribution is 2.21. The Morgan fingerprint density at radius 1 is 1.21 bits per heavy atom. The number of hydrogen-bond acceptors (Lipinski definition) is 5. The third-order valence-corrected chi connectivity index (χ3v) is 3.79. The molecule has 2 aromatic rings. The first-order chi connectivity index (χ1) is 13.3. The van der Waals surface area contributed by atoms with Gasteiger partial charge in [0.2, 0.25) is 5.82 Å². The van der Waals surface area contributed by atoms with Crippen molar-refractivity contribution in [2.24, 2.45) is 0 Å². The van der Waals surface area contributed by atoms with E-state index in [0.29, 0.717) is 5.92 Å². The summed E-state index contributed by atoms with van der Waals surface area (Å²) in [5, 5.41) is 13.0. The average Bonchev–Trinajstić information content (AvgIpc) is 2.66. The van der Waals surface area contributed by atoms with Gasteiger partial charge < -0.3 is 10.1 Å². The third-order valence-electron chi connectivity index (χ3n) is 3.79. The van der Waals surface area contributed by atoms with Crippen LogP contribution in [0.3, 0.4) is 0 Å². The summed E-state index contributed by atoms with van der Waals surface area (Å²) in [5.41, 5.74) is 1.25. The number of esters is 1. The number of nitrogens with zero attached hydrogens (tertiary/aromatic N) is 1. The minimum atomic E-state index is -1.01. The van der Waals surface area contributed by atoms with Crippen LogP contribution in [-0.4, -0.2) is 23.4 Å². The number of nitrogens with one attached hydrogen (secondary N) is 1. The normalized spacial score (nSPS) is 10.9. The minimum absolute atomic E-state index is 0.0231. The van der Waals surface area contributed by atoms with Gasteiger partial charge in [0.25, 0.3) is 5.91 Å². The largest absolute Gasteiger partial charge is 0.452 e. The van der Waals surface area contributed by atoms with E-state index < -0.39 is 34.9 Å². The number of carbonyl (C=O) groups is 2. The van der Waals surface area contributed by atoms with Crippen molar-refractivity contribution >= 4 is 29.3 Å². The predicted molar refractivity (Wildman–Crippen MR) is 102 cm³/mol. The van der Waals surface area contributed by atoms with Crippen LogP contribution in [0.4, 0.5) is 15.8 Å². The van der Waals surface area contributed by atoms with E-state index in [0.717, 1.165) is 17.7 Å². The SMILES string of the molecule is CC(C)c1ccc(C=CC(=O)OCC(=O)Nc2ccc(F)c([N+](=O)[O-])c2)cc1. The molecule has 146 valence electrons. The molecule has 0 aliphatic carbocycles. The van der Waals surface area contributed by atoms with Crippen LogP contribution in [0.1, 0.15) is 30.9 Å². The summed E-state index contributed by atoms with van der Waals surface area (Å²) in [7, 11) is 0. The van der Waals surface area contributed by atoms with Crippen LogP contribution in [0, 0.1) is 15.9 Å². The molecule has 0 spiro atoms. The predicted octanol–water partition coefficient (Wildman–Crippen LogP) is 4.05. The summed E-state index contributed by atoms with van der Waals surface area (Å²) < 4.78 is 18.1. The van der Waals surface area contributed by atoms with Gasteiger partial charge in [-0.2, -0.15) is 4.39 Å². The van der Waals surface area contributed by atoms with Crippen molar-refractivity contribution in [3.8, 4) is 0 Å². The zero-order chi connectivity index (χ0) is 20.7. The number of carbonyl (C=O) groups excluding carboxylic acids is 2. The van der Waals surface area contributed by atoms with Crippen molar-refractivity contribution in [3.05, 3.63) is 75.6 Å². The molecule has 0 aliphatic rings. The topological polar surface area (TPSA) is 98.5 Å². The molecule has 0 saturated heterocycles. The molecular formula is C20H19FN2O5. The quantitative estimate of drug-likeness (QED) is 0.335. The summed E-state index contributed by atoms with van der Waals surface area (Å²) in [6.45, 7) is 3.58. The van der Waals surface area contributed by atoms with Crippen molar-refractivity contribution in [2.75, 3.05) is 11.9 Å². The first kappa shape index (κ1) is 20.8. The first-order valence-electron chi connectivity index (χ1n) is 8.45. The van der Waals surface area contributed by atoms with E-state index in [1.165, 1.54) is 17.7 Å². The van der Waals surface area contributed by atoms with Crippen LogP contribution in [0.5, 0.6) is 0 Å². The summed E-state index contributed by atoms with van der Waals surface area (Å²) in [6.07, 6.45) is 2.76. The molecule has 0 radical (unpaired) electrons. The van der Waals surface area contributed by atoms with Crippen molar-refractivity contribution in [2.45, 2.75) is 19.8 Å². The van der Waals surface area contributed by atoms with E-state index in [1.807, 2.05) is 24.3 Å². The molecule has 2 rings (SSSR count). The van der Waals surface area contributed by atoms with Gasteiger partial charge in [-0.3, -0.25) is 14.9 Å². The zero-order valence-electron chi connectivity index (χ0n) is 15.3. The Kier molecular flexibility index (Phi) is 6.97. The van der Waals surface area contributed by atoms with E-state index in [1.54, 1.807) is 6.08 Å². The van der Waals surface area contributed by atoms with Crippen molar-refractivity contribution in [3.63, 3.8) is 0 Å². The molecule has 0 atom stereocenters. The molecule has 0 bridgehead atoms. The average molecular weight is 386 g/mol. The summed E-state index contributed by atoms with van der Waals surface area (Å²) in [6, 6.07) is 10.6. The Morgan fingerprint density at radius 2 is 1.89 bits per heavy atom. The Bertz CT molecular complexity index is 907. The lowest BCUT2D eigenvalue weighted by atomic mass is 10.0. The fourth-order valence-electron chi connectivity index (χ4n) is 2.27. The lowest BCUT2D eigenvalue weighted by Crippen LogP contribution is -2.20. The molecule has 0 fully saturated rings. The standard InChI is InChI=1S/C20H19FN2O5/c1-13(2)15-6-3-14(4-7-15)5-10-20(25)28-12-19(24)22-16-8-9-17(21)18(11-16)23(26)27/h3-11,13H,12H2,1-2H3,(H,22,24). The van der Waals surface area contributed by atoms with Crippen LogP contribution in [0.25, 0.3) is 6.08 Å². The highest BCUT2D eigenvalue weighted by Gasteiger charge is 2.15. The zero-order valence-corrected chi connectivity index (χ0v) is 15.3. The van der Waals surface area contributed by atoms with Crippen LogP contribution in [0.2, 0.25) is 0 Å². The second-order valence-corrected chi connectivity index (χ2v) is 6.23. The number of anilines is 1. The van der Waals surface area contributed by atoms with Gasteiger partial charge in [-0.05, 0) is 35.3 Å². The van der Waals surface area contributed by atoms with Gasteiger partial charge in [0.1, 0.15) is 0 Å². The van der Waals surface area contributed by atoms with Gasteiger partial charge in [-0.25, -0.2) is 4.79 Å². The number of benzene rings is 2. The minimum Gasteiger partial charge on any atom is -0.452 e. The number of rotatable bonds is 7. The second-order valence-electron chi connectivity index (χ2n) is 6.23. The molecule has 0 aromatic heterocycles. The van der Waals surface area contributed by atoms with Crippen molar-refractivity contribution in [1.29, 1.82) is 0 Å². The van der Waals surface area contributed by atoms with Crippen LogP contribution < -0.4 is 5.32 Å². The maximum atomic E-state index is 13.3. The van der Waals surface area contributed by atoms with Gasteiger partial charge in [0.15, 0.2) is 6.61 Å². The molecule has 7 nitrogen and oxygen atoms in total. The number of hydrogen-bond donors (Lipinski definition) is 1. The number of nitro groups is 1. The van der Waals surface area contributed by atoms with E-state index in [9.17, 15) is 24.1 Å². The molecular weight excluding hydrogens is 367 g/mol. The summed E-state index contributed by atoms with van der Waals surface area (Å²) in [5.74, 6) is -2.03. The number of nitro benzene ring substituents is 1. The first-order valence-corrected chi connectivity index (χ1v) is 8.45. The van der Waals surface area contributed by atoms with Gasteiger partial charge >= 0.3 is 11.7 Å². The highest BCUT2D eigenvalue weighted by molar-refractivity contribution is 5.94. The molecule has 1 N–H and O–H groups in total. The lowest BCUT2D eigenvalue weighted by Gasteiger charge is -2.06. The highest BCUT2D eigenvalue weighted by atomic mass is 19.1. The van der Waals surface area contributed by atoms with Crippen molar-refractivity contribution < 1.29 is 23.6 Å². The molecule has 8 heteroatoms. The van der Waals surface area contributed by atoms with Crippen LogP contribution in [0.15, 0.2) is 48.5 Å². The number of ether oxygens (including phenoxy) is 1. The molecule has 0 unspecified atom stereocenters. The Balaban J connectivity index is 1.86. The van der Waals surface area contributed by atoms with Gasteiger partial charge in [0, 0.05) is 17.8 Å². The number of amides is 1. The van der Waals surface area contributed by atoms with Crippen molar-refractivity contribution in [1.82, 2.24) is 0 Å². The van der Waals surface area contributed by atoms with E-state index >= 15 is 0 Å². The smallest absolute Gasteiger partial charge is 0.331 e. The summed E-state index contributed by atoms with van der Waals surface area (Å²) in [4.78, 5) is 33.3. The molecule has 1 amide bonds. The van der Waals surface area contributed by atoms with Gasteiger partial charge in [-0.1, -0.05) is 38.1 Å². The monoisotopic (exact) mass is 386 g/mol. The second kappa shape index (κ2) is 9.40. The van der Waals surface area contributed by atoms with E-state index in [-0.39, 0.29) is 5.69 Å². The maximum absolute atomic E-state index is 13.3. The van der Waals surface area contributed by atoms with E-state index in [2.05, 4.69) is 19.2 Å². The van der Waals surface area contributed by atoms with Gasteiger partial charge in [0.05, 0.1) is 4.92 Å². The fraction of sp³-hybridized carbons (Fsp3) is 0.200. The maximum Gasteiger partial charge on any atom is 0.331 e. The lowest BCUT2D eigenvalue weighted by molar-refractivity contribution is -0.387. The molecule has 0 heterocycles. The van der Waals surface area contributed by atoms with Gasteiger partial charge in [-0.15, -0.1) is 0 Å². The molecule has 0 aliphatic heterocycles. The molecule has 28 heavy (non-hydrogen) atoms. The molecule has 2 aromatic carbocycles. The molecule has 0 saturated carbocycles. The Labute approximate surface area is 161 Å². The Hall–Kier alpha value is -3.55. The Morgan fingerprint density at radius 3 is 2.50 bits per heavy atom. The third kappa shape index (κ3) is 6.01. The fourth-order valence-corrected chi connectivity index (χ4v) is 2.27. The van der Waals surface area contributed by atoms with Crippen LogP contribution in [-0.2, 0) is 14.3 Å². The number of halogens is 1.